The standard InChI is InChI=1S/C11H19ClN2O2S/c1-15-5-3-14(4-6-16-2)8-11-13-10(7-12)9-17-11/h9H,3-8H2,1-2H3. The molecule has 17 heavy (non-hydrogen) atoms. The van der Waals surface area contributed by atoms with E-state index < -0.39 is 0 Å². The number of alkyl halides is 1. The first kappa shape index (κ1) is 14.9. The highest BCUT2D eigenvalue weighted by Crippen LogP contribution is 2.13. The molecular weight excluding hydrogens is 260 g/mol. The Hall–Kier alpha value is -0.200. The molecular formula is C11H19ClN2O2S. The first-order valence-electron chi connectivity index (χ1n) is 5.49. The number of rotatable bonds is 9. The lowest BCUT2D eigenvalue weighted by molar-refractivity contribution is 0.110. The molecule has 0 N–H and O–H groups in total. The first-order valence-corrected chi connectivity index (χ1v) is 6.91. The van der Waals surface area contributed by atoms with E-state index in [1.807, 2.05) is 5.38 Å². The number of hydrogen-bond donors (Lipinski definition) is 0. The Morgan fingerprint density at radius 1 is 1.29 bits per heavy atom. The maximum Gasteiger partial charge on any atom is 0.107 e. The summed E-state index contributed by atoms with van der Waals surface area (Å²) in [4.78, 5) is 6.72. The van der Waals surface area contributed by atoms with Crippen LogP contribution >= 0.6 is 22.9 Å². The van der Waals surface area contributed by atoms with Crippen LogP contribution in [0.1, 0.15) is 10.7 Å². The van der Waals surface area contributed by atoms with Crippen molar-refractivity contribution in [3.63, 3.8) is 0 Å². The van der Waals surface area contributed by atoms with E-state index in [4.69, 9.17) is 21.1 Å². The average Bonchev–Trinajstić information content (AvgIpc) is 2.80. The van der Waals surface area contributed by atoms with E-state index in [0.717, 1.165) is 43.5 Å². The highest BCUT2D eigenvalue weighted by Gasteiger charge is 2.08. The Morgan fingerprint density at radius 3 is 2.41 bits per heavy atom. The van der Waals surface area contributed by atoms with Crippen molar-refractivity contribution in [2.24, 2.45) is 0 Å². The van der Waals surface area contributed by atoms with Gasteiger partial charge in [0.05, 0.1) is 31.3 Å². The fourth-order valence-electron chi connectivity index (χ4n) is 1.38. The molecule has 6 heteroatoms. The van der Waals surface area contributed by atoms with Gasteiger partial charge in [0.15, 0.2) is 0 Å². The number of ether oxygens (including phenoxy) is 2. The Kier molecular flexibility index (Phi) is 7.72. The van der Waals surface area contributed by atoms with E-state index in [1.54, 1.807) is 25.6 Å². The SMILES string of the molecule is COCCN(CCOC)Cc1nc(CCl)cs1. The summed E-state index contributed by atoms with van der Waals surface area (Å²) in [6.45, 7) is 4.04. The van der Waals surface area contributed by atoms with E-state index in [-0.39, 0.29) is 0 Å². The van der Waals surface area contributed by atoms with Gasteiger partial charge >= 0.3 is 0 Å². The molecule has 0 aliphatic heterocycles. The Labute approximate surface area is 112 Å². The predicted molar refractivity (Wildman–Crippen MR) is 70.7 cm³/mol. The van der Waals surface area contributed by atoms with Crippen LogP contribution in [0.4, 0.5) is 0 Å². The largest absolute Gasteiger partial charge is 0.383 e. The molecule has 0 atom stereocenters. The quantitative estimate of drug-likeness (QED) is 0.647. The van der Waals surface area contributed by atoms with Crippen molar-refractivity contribution in [1.82, 2.24) is 9.88 Å². The van der Waals surface area contributed by atoms with Crippen molar-refractivity contribution in [3.05, 3.63) is 16.1 Å². The highest BCUT2D eigenvalue weighted by atomic mass is 35.5. The summed E-state index contributed by atoms with van der Waals surface area (Å²) >= 11 is 7.39. The van der Waals surface area contributed by atoms with Crippen LogP contribution in [0.25, 0.3) is 0 Å². The Balaban J connectivity index is 2.45. The van der Waals surface area contributed by atoms with Crippen molar-refractivity contribution >= 4 is 22.9 Å². The molecule has 1 heterocycles. The summed E-state index contributed by atoms with van der Waals surface area (Å²) < 4.78 is 10.2. The third-order valence-electron chi connectivity index (χ3n) is 2.32. The molecule has 0 aromatic carbocycles. The molecule has 0 bridgehead atoms. The van der Waals surface area contributed by atoms with Gasteiger partial charge in [0.1, 0.15) is 5.01 Å². The second kappa shape index (κ2) is 8.83. The van der Waals surface area contributed by atoms with Gasteiger partial charge in [-0.1, -0.05) is 0 Å². The molecule has 0 aliphatic carbocycles. The fourth-order valence-corrected chi connectivity index (χ4v) is 2.45. The molecule has 1 aromatic heterocycles. The van der Waals surface area contributed by atoms with Gasteiger partial charge in [0.2, 0.25) is 0 Å². The zero-order valence-electron chi connectivity index (χ0n) is 10.3. The number of aromatic nitrogens is 1. The predicted octanol–water partition coefficient (Wildman–Crippen LogP) is 1.98. The van der Waals surface area contributed by atoms with Gasteiger partial charge in [-0.2, -0.15) is 0 Å². The number of halogens is 1. The lowest BCUT2D eigenvalue weighted by atomic mass is 10.4. The number of thiazole rings is 1. The maximum atomic E-state index is 5.73. The van der Waals surface area contributed by atoms with Crippen molar-refractivity contribution in [3.8, 4) is 0 Å². The van der Waals surface area contributed by atoms with Crippen molar-refractivity contribution in [2.75, 3.05) is 40.5 Å². The summed E-state index contributed by atoms with van der Waals surface area (Å²) in [5.74, 6) is 0.479. The van der Waals surface area contributed by atoms with E-state index in [2.05, 4.69) is 9.88 Å². The van der Waals surface area contributed by atoms with Gasteiger partial charge in [-0.25, -0.2) is 4.98 Å². The van der Waals surface area contributed by atoms with E-state index in [9.17, 15) is 0 Å². The third-order valence-corrected chi connectivity index (χ3v) is 3.47. The number of hydrogen-bond acceptors (Lipinski definition) is 5. The second-order valence-corrected chi connectivity index (χ2v) is 4.84. The van der Waals surface area contributed by atoms with Crippen LogP contribution in [0.15, 0.2) is 5.38 Å². The van der Waals surface area contributed by atoms with E-state index >= 15 is 0 Å². The molecule has 1 rings (SSSR count). The second-order valence-electron chi connectivity index (χ2n) is 3.63. The van der Waals surface area contributed by atoms with Gasteiger partial charge in [-0.3, -0.25) is 4.90 Å². The molecule has 0 spiro atoms. The smallest absolute Gasteiger partial charge is 0.107 e. The number of nitrogens with zero attached hydrogens (tertiary/aromatic N) is 2. The molecule has 1 aromatic rings. The molecule has 0 fully saturated rings. The topological polar surface area (TPSA) is 34.6 Å². The van der Waals surface area contributed by atoms with Crippen LogP contribution in [-0.2, 0) is 21.9 Å². The van der Waals surface area contributed by atoms with Crippen LogP contribution in [0.5, 0.6) is 0 Å². The molecule has 0 radical (unpaired) electrons. The zero-order valence-corrected chi connectivity index (χ0v) is 11.9. The Bertz CT molecular complexity index is 301. The van der Waals surface area contributed by atoms with Crippen LogP contribution in [0.2, 0.25) is 0 Å². The fraction of sp³-hybridized carbons (Fsp3) is 0.727. The number of methoxy groups -OCH3 is 2. The Morgan fingerprint density at radius 2 is 1.94 bits per heavy atom. The lowest BCUT2D eigenvalue weighted by Crippen LogP contribution is -2.30. The lowest BCUT2D eigenvalue weighted by Gasteiger charge is -2.20. The van der Waals surface area contributed by atoms with Crippen molar-refractivity contribution in [1.29, 1.82) is 0 Å². The molecule has 98 valence electrons. The highest BCUT2D eigenvalue weighted by molar-refractivity contribution is 7.09. The first-order chi connectivity index (χ1) is 8.30. The summed E-state index contributed by atoms with van der Waals surface area (Å²) in [7, 11) is 3.42. The summed E-state index contributed by atoms with van der Waals surface area (Å²) in [5.41, 5.74) is 0.949. The van der Waals surface area contributed by atoms with Crippen molar-refractivity contribution < 1.29 is 9.47 Å². The van der Waals surface area contributed by atoms with Gasteiger partial charge < -0.3 is 9.47 Å². The molecule has 0 unspecified atom stereocenters. The van der Waals surface area contributed by atoms with Crippen LogP contribution in [-0.4, -0.2) is 50.4 Å². The van der Waals surface area contributed by atoms with E-state index in [1.165, 1.54) is 0 Å². The van der Waals surface area contributed by atoms with E-state index in [0.29, 0.717) is 5.88 Å². The molecule has 0 saturated heterocycles. The average molecular weight is 279 g/mol. The third kappa shape index (κ3) is 5.79. The monoisotopic (exact) mass is 278 g/mol. The minimum absolute atomic E-state index is 0.479. The molecule has 0 saturated carbocycles. The summed E-state index contributed by atoms with van der Waals surface area (Å²) in [6.07, 6.45) is 0. The molecule has 0 aliphatic rings. The molecule has 0 amide bonds. The van der Waals surface area contributed by atoms with Gasteiger partial charge in [0.25, 0.3) is 0 Å². The normalized spacial score (nSPS) is 11.3. The maximum absolute atomic E-state index is 5.73. The van der Waals surface area contributed by atoms with Gasteiger partial charge in [0, 0.05) is 32.7 Å². The van der Waals surface area contributed by atoms with Crippen molar-refractivity contribution in [2.45, 2.75) is 12.4 Å². The zero-order chi connectivity index (χ0) is 12.5. The van der Waals surface area contributed by atoms with Crippen LogP contribution < -0.4 is 0 Å². The summed E-state index contributed by atoms with van der Waals surface area (Å²) in [6, 6.07) is 0. The van der Waals surface area contributed by atoms with Gasteiger partial charge in [-0.15, -0.1) is 22.9 Å². The minimum Gasteiger partial charge on any atom is -0.383 e. The summed E-state index contributed by atoms with van der Waals surface area (Å²) in [5, 5.41) is 3.10. The molecule has 4 nitrogen and oxygen atoms in total. The van der Waals surface area contributed by atoms with Crippen LogP contribution in [0.3, 0.4) is 0 Å². The van der Waals surface area contributed by atoms with Crippen LogP contribution in [0, 0.1) is 0 Å². The van der Waals surface area contributed by atoms with Gasteiger partial charge in [-0.05, 0) is 0 Å². The minimum atomic E-state index is 0.479.